The van der Waals surface area contributed by atoms with Crippen LogP contribution in [-0.2, 0) is 14.3 Å². The molecule has 1 saturated carbocycles. The van der Waals surface area contributed by atoms with E-state index in [0.29, 0.717) is 6.54 Å². The van der Waals surface area contributed by atoms with Gasteiger partial charge in [-0.15, -0.1) is 0 Å². The quantitative estimate of drug-likeness (QED) is 0.797. The topological polar surface area (TPSA) is 61.9 Å². The van der Waals surface area contributed by atoms with Gasteiger partial charge in [0.25, 0.3) is 5.91 Å². The normalized spacial score (nSPS) is 27.0. The number of nitrogens with zero attached hydrogens (tertiary/aromatic N) is 2. The van der Waals surface area contributed by atoms with E-state index in [1.807, 2.05) is 31.2 Å². The molecule has 1 aliphatic carbocycles. The summed E-state index contributed by atoms with van der Waals surface area (Å²) in [5.41, 5.74) is 2.30. The van der Waals surface area contributed by atoms with E-state index in [0.717, 1.165) is 17.7 Å². The zero-order chi connectivity index (χ0) is 20.4. The van der Waals surface area contributed by atoms with Crippen molar-refractivity contribution in [3.05, 3.63) is 35.4 Å². The summed E-state index contributed by atoms with van der Waals surface area (Å²) in [6.07, 6.45) is 5.59. The van der Waals surface area contributed by atoms with Crippen molar-refractivity contribution < 1.29 is 14.3 Å². The summed E-state index contributed by atoms with van der Waals surface area (Å²) < 4.78 is 5.74. The van der Waals surface area contributed by atoms with Crippen LogP contribution in [0.5, 0.6) is 0 Å². The van der Waals surface area contributed by atoms with Gasteiger partial charge in [0.1, 0.15) is 6.61 Å². The van der Waals surface area contributed by atoms with E-state index in [9.17, 15) is 9.59 Å². The Hall–Kier alpha value is -1.92. The molecular weight excluding hydrogens is 366 g/mol. The highest BCUT2D eigenvalue weighted by molar-refractivity contribution is 5.86. The standard InChI is InChI=1S/C23H33N3O3/c1-17-6-8-18(9-7-17)20-21(29-14-19(27)25(20)2)22(28)24-15-23(10-11-23)16-26-12-4-3-5-13-26/h6-9,20-21H,3-5,10-16H2,1-2H3,(H,24,28). The van der Waals surface area contributed by atoms with E-state index in [2.05, 4.69) is 10.2 Å². The van der Waals surface area contributed by atoms with E-state index in [1.165, 1.54) is 45.2 Å². The van der Waals surface area contributed by atoms with Crippen molar-refractivity contribution in [3.8, 4) is 0 Å². The third kappa shape index (κ3) is 4.64. The molecule has 1 aromatic carbocycles. The Bertz CT molecular complexity index is 738. The van der Waals surface area contributed by atoms with E-state index in [4.69, 9.17) is 4.74 Å². The van der Waals surface area contributed by atoms with Crippen LogP contribution in [0.2, 0.25) is 0 Å². The molecule has 158 valence electrons. The van der Waals surface area contributed by atoms with Crippen molar-refractivity contribution in [2.24, 2.45) is 5.41 Å². The number of rotatable bonds is 6. The molecule has 0 radical (unpaired) electrons. The molecule has 6 heteroatoms. The fourth-order valence-corrected chi connectivity index (χ4v) is 4.63. The van der Waals surface area contributed by atoms with Gasteiger partial charge in [0.15, 0.2) is 6.10 Å². The number of likely N-dealkylation sites (N-methyl/N-ethyl adjacent to an activating group) is 1. The number of hydrogen-bond acceptors (Lipinski definition) is 4. The van der Waals surface area contributed by atoms with Crippen molar-refractivity contribution >= 4 is 11.8 Å². The lowest BCUT2D eigenvalue weighted by Crippen LogP contribution is -2.53. The SMILES string of the molecule is Cc1ccc(C2C(C(=O)NCC3(CN4CCCCC4)CC3)OCC(=O)N2C)cc1. The minimum absolute atomic E-state index is 0.0458. The maximum absolute atomic E-state index is 13.1. The molecule has 2 heterocycles. The van der Waals surface area contributed by atoms with Crippen LogP contribution in [0.15, 0.2) is 24.3 Å². The first-order valence-corrected chi connectivity index (χ1v) is 10.9. The minimum atomic E-state index is -0.675. The van der Waals surface area contributed by atoms with Crippen LogP contribution in [0.1, 0.15) is 49.3 Å². The van der Waals surface area contributed by atoms with E-state index < -0.39 is 12.1 Å². The van der Waals surface area contributed by atoms with Crippen LogP contribution in [-0.4, -0.2) is 67.6 Å². The average molecular weight is 400 g/mol. The van der Waals surface area contributed by atoms with Crippen molar-refractivity contribution in [2.45, 2.75) is 51.2 Å². The van der Waals surface area contributed by atoms with Crippen LogP contribution in [0.25, 0.3) is 0 Å². The van der Waals surface area contributed by atoms with E-state index in [-0.39, 0.29) is 23.8 Å². The maximum Gasteiger partial charge on any atom is 0.251 e. The minimum Gasteiger partial charge on any atom is -0.356 e. The summed E-state index contributed by atoms with van der Waals surface area (Å²) in [5, 5.41) is 3.16. The van der Waals surface area contributed by atoms with Crippen molar-refractivity contribution in [2.75, 3.05) is 39.8 Å². The summed E-state index contributed by atoms with van der Waals surface area (Å²) in [7, 11) is 1.76. The molecule has 2 atom stereocenters. The van der Waals surface area contributed by atoms with Gasteiger partial charge < -0.3 is 19.9 Å². The lowest BCUT2D eigenvalue weighted by molar-refractivity contribution is -0.162. The second kappa shape index (κ2) is 8.44. The van der Waals surface area contributed by atoms with E-state index >= 15 is 0 Å². The Morgan fingerprint density at radius 1 is 1.17 bits per heavy atom. The number of ether oxygens (including phenoxy) is 1. The van der Waals surface area contributed by atoms with Crippen molar-refractivity contribution in [1.29, 1.82) is 0 Å². The zero-order valence-electron chi connectivity index (χ0n) is 17.7. The number of nitrogens with one attached hydrogen (secondary N) is 1. The number of aryl methyl sites for hydroxylation is 1. The number of hydrogen-bond donors (Lipinski definition) is 1. The number of carbonyl (C=O) groups is 2. The Morgan fingerprint density at radius 2 is 1.86 bits per heavy atom. The number of carbonyl (C=O) groups excluding carboxylic acids is 2. The van der Waals surface area contributed by atoms with Crippen molar-refractivity contribution in [1.82, 2.24) is 15.1 Å². The fraction of sp³-hybridized carbons (Fsp3) is 0.652. The molecule has 2 aliphatic heterocycles. The third-order valence-corrected chi connectivity index (χ3v) is 6.76. The lowest BCUT2D eigenvalue weighted by Gasteiger charge is -2.38. The van der Waals surface area contributed by atoms with Gasteiger partial charge in [-0.25, -0.2) is 0 Å². The summed E-state index contributed by atoms with van der Waals surface area (Å²) in [5.74, 6) is -0.205. The molecule has 3 fully saturated rings. The van der Waals surface area contributed by atoms with Crippen LogP contribution < -0.4 is 5.32 Å². The van der Waals surface area contributed by atoms with Gasteiger partial charge in [-0.05, 0) is 51.3 Å². The number of amides is 2. The molecule has 0 bridgehead atoms. The third-order valence-electron chi connectivity index (χ3n) is 6.76. The first-order valence-electron chi connectivity index (χ1n) is 10.9. The predicted octanol–water partition coefficient (Wildman–Crippen LogP) is 2.28. The first-order chi connectivity index (χ1) is 14.0. The number of benzene rings is 1. The lowest BCUT2D eigenvalue weighted by atomic mass is 9.96. The van der Waals surface area contributed by atoms with Crippen LogP contribution in [0, 0.1) is 12.3 Å². The Morgan fingerprint density at radius 3 is 2.52 bits per heavy atom. The maximum atomic E-state index is 13.1. The zero-order valence-corrected chi connectivity index (χ0v) is 17.7. The Balaban J connectivity index is 1.40. The van der Waals surface area contributed by atoms with Gasteiger partial charge in [0.05, 0.1) is 6.04 Å². The molecular formula is C23H33N3O3. The molecule has 29 heavy (non-hydrogen) atoms. The molecule has 1 N–H and O–H groups in total. The monoisotopic (exact) mass is 399 g/mol. The summed E-state index contributed by atoms with van der Waals surface area (Å²) >= 11 is 0. The first kappa shape index (κ1) is 20.4. The molecule has 0 aromatic heterocycles. The molecule has 2 amide bonds. The molecule has 1 aromatic rings. The highest BCUT2D eigenvalue weighted by Crippen LogP contribution is 2.46. The molecule has 2 saturated heterocycles. The Labute approximate surface area is 173 Å². The smallest absolute Gasteiger partial charge is 0.251 e. The van der Waals surface area contributed by atoms with Gasteiger partial charge in [0, 0.05) is 25.6 Å². The molecule has 6 nitrogen and oxygen atoms in total. The number of piperidine rings is 1. The summed E-state index contributed by atoms with van der Waals surface area (Å²) in [4.78, 5) is 29.5. The second-order valence-corrected chi connectivity index (χ2v) is 9.15. The molecule has 4 rings (SSSR count). The Kier molecular flexibility index (Phi) is 5.93. The van der Waals surface area contributed by atoms with Crippen LogP contribution in [0.3, 0.4) is 0 Å². The fourth-order valence-electron chi connectivity index (χ4n) is 4.63. The summed E-state index contributed by atoms with van der Waals surface area (Å²) in [6, 6.07) is 7.59. The average Bonchev–Trinajstić information content (AvgIpc) is 3.49. The summed E-state index contributed by atoms with van der Waals surface area (Å²) in [6.45, 7) is 6.13. The molecule has 0 spiro atoms. The van der Waals surface area contributed by atoms with Gasteiger partial charge in [-0.1, -0.05) is 36.2 Å². The van der Waals surface area contributed by atoms with Crippen LogP contribution >= 0.6 is 0 Å². The highest BCUT2D eigenvalue weighted by Gasteiger charge is 2.46. The number of likely N-dealkylation sites (tertiary alicyclic amines) is 1. The van der Waals surface area contributed by atoms with Crippen LogP contribution in [0.4, 0.5) is 0 Å². The largest absolute Gasteiger partial charge is 0.356 e. The van der Waals surface area contributed by atoms with Gasteiger partial charge in [0.2, 0.25) is 5.91 Å². The van der Waals surface area contributed by atoms with Gasteiger partial charge >= 0.3 is 0 Å². The molecule has 3 aliphatic rings. The second-order valence-electron chi connectivity index (χ2n) is 9.15. The predicted molar refractivity (Wildman–Crippen MR) is 111 cm³/mol. The number of morpholine rings is 1. The van der Waals surface area contributed by atoms with Gasteiger partial charge in [-0.2, -0.15) is 0 Å². The molecule has 2 unspecified atom stereocenters. The van der Waals surface area contributed by atoms with Crippen molar-refractivity contribution in [3.63, 3.8) is 0 Å². The highest BCUT2D eigenvalue weighted by atomic mass is 16.5. The van der Waals surface area contributed by atoms with Gasteiger partial charge in [-0.3, -0.25) is 9.59 Å². The van der Waals surface area contributed by atoms with E-state index in [1.54, 1.807) is 11.9 Å².